The van der Waals surface area contributed by atoms with Gasteiger partial charge in [0.15, 0.2) is 0 Å². The Morgan fingerprint density at radius 3 is 2.85 bits per heavy atom. The largest absolute Gasteiger partial charge is 0.396 e. The summed E-state index contributed by atoms with van der Waals surface area (Å²) in [5.41, 5.74) is 2.18. The summed E-state index contributed by atoms with van der Waals surface area (Å²) in [4.78, 5) is 12.1. The summed E-state index contributed by atoms with van der Waals surface area (Å²) in [6.45, 7) is 2.12. The van der Waals surface area contributed by atoms with Gasteiger partial charge in [-0.05, 0) is 24.5 Å². The smallest absolute Gasteiger partial charge is 0.224 e. The Hall–Kier alpha value is -1.81. The van der Waals surface area contributed by atoms with Gasteiger partial charge in [0.05, 0.1) is 6.42 Å². The molecule has 0 bridgehead atoms. The lowest BCUT2D eigenvalue weighted by Gasteiger charge is -2.15. The molecule has 108 valence electrons. The average Bonchev–Trinajstić information content (AvgIpc) is 2.75. The molecule has 1 aromatic carbocycles. The van der Waals surface area contributed by atoms with Crippen molar-refractivity contribution in [3.8, 4) is 0 Å². The van der Waals surface area contributed by atoms with Crippen molar-refractivity contribution >= 4 is 16.8 Å². The first-order valence-corrected chi connectivity index (χ1v) is 7.08. The van der Waals surface area contributed by atoms with Crippen molar-refractivity contribution in [1.82, 2.24) is 9.88 Å². The zero-order valence-corrected chi connectivity index (χ0v) is 12.1. The minimum absolute atomic E-state index is 0.0154. The number of nitrogens with zero attached hydrogens (tertiary/aromatic N) is 1. The first kappa shape index (κ1) is 14.6. The number of rotatable bonds is 6. The first-order valence-electron chi connectivity index (χ1n) is 7.08. The van der Waals surface area contributed by atoms with E-state index in [0.29, 0.717) is 12.8 Å². The van der Waals surface area contributed by atoms with Gasteiger partial charge in [-0.25, -0.2) is 0 Å². The van der Waals surface area contributed by atoms with Crippen LogP contribution in [0, 0.1) is 0 Å². The molecular weight excluding hydrogens is 252 g/mol. The molecule has 0 saturated heterocycles. The number of amides is 1. The highest BCUT2D eigenvalue weighted by molar-refractivity contribution is 5.89. The fourth-order valence-corrected chi connectivity index (χ4v) is 2.55. The molecular formula is C16H22N2O2. The molecule has 1 heterocycles. The Morgan fingerprint density at radius 2 is 2.15 bits per heavy atom. The maximum absolute atomic E-state index is 12.1. The summed E-state index contributed by atoms with van der Waals surface area (Å²) in [5, 5.41) is 13.1. The van der Waals surface area contributed by atoms with Crippen LogP contribution in [0.3, 0.4) is 0 Å². The number of nitrogens with one attached hydrogen (secondary N) is 1. The lowest BCUT2D eigenvalue weighted by atomic mass is 10.1. The molecule has 2 aromatic rings. The van der Waals surface area contributed by atoms with Crippen LogP contribution in [0.25, 0.3) is 10.9 Å². The van der Waals surface area contributed by atoms with Crippen molar-refractivity contribution in [3.63, 3.8) is 0 Å². The molecule has 1 atom stereocenters. The normalized spacial score (nSPS) is 12.6. The third-order valence-electron chi connectivity index (χ3n) is 3.67. The topological polar surface area (TPSA) is 54.3 Å². The van der Waals surface area contributed by atoms with Gasteiger partial charge in [0.1, 0.15) is 0 Å². The second kappa shape index (κ2) is 6.57. The maximum atomic E-state index is 12.1. The number of hydrogen-bond acceptors (Lipinski definition) is 2. The predicted octanol–water partition coefficient (Wildman–Crippen LogP) is 2.00. The summed E-state index contributed by atoms with van der Waals surface area (Å²) >= 11 is 0. The van der Waals surface area contributed by atoms with Crippen LogP contribution in [0.2, 0.25) is 0 Å². The Morgan fingerprint density at radius 1 is 1.40 bits per heavy atom. The van der Waals surface area contributed by atoms with E-state index in [9.17, 15) is 4.79 Å². The molecule has 0 fully saturated rings. The molecule has 1 amide bonds. The van der Waals surface area contributed by atoms with Crippen molar-refractivity contribution in [1.29, 1.82) is 0 Å². The van der Waals surface area contributed by atoms with E-state index >= 15 is 0 Å². The second-order valence-corrected chi connectivity index (χ2v) is 5.14. The van der Waals surface area contributed by atoms with Gasteiger partial charge in [-0.15, -0.1) is 0 Å². The number of fused-ring (bicyclic) bond motifs is 1. The minimum atomic E-state index is 0.0154. The van der Waals surface area contributed by atoms with Crippen molar-refractivity contribution in [2.45, 2.75) is 32.2 Å². The third-order valence-corrected chi connectivity index (χ3v) is 3.67. The Labute approximate surface area is 119 Å². The fourth-order valence-electron chi connectivity index (χ4n) is 2.55. The van der Waals surface area contributed by atoms with Gasteiger partial charge in [0.2, 0.25) is 5.91 Å². The van der Waals surface area contributed by atoms with Crippen molar-refractivity contribution in [3.05, 3.63) is 36.0 Å². The van der Waals surface area contributed by atoms with E-state index < -0.39 is 0 Å². The summed E-state index contributed by atoms with van der Waals surface area (Å²) in [6.07, 6.45) is 3.83. The highest BCUT2D eigenvalue weighted by Gasteiger charge is 2.13. The molecule has 2 N–H and O–H groups in total. The van der Waals surface area contributed by atoms with Gasteiger partial charge in [-0.3, -0.25) is 4.79 Å². The summed E-state index contributed by atoms with van der Waals surface area (Å²) in [5.74, 6) is 0.0154. The molecule has 1 unspecified atom stereocenters. The number of carbonyl (C=O) groups excluding carboxylic acids is 1. The molecule has 4 heteroatoms. The van der Waals surface area contributed by atoms with E-state index in [-0.39, 0.29) is 18.6 Å². The van der Waals surface area contributed by atoms with Crippen LogP contribution in [0.4, 0.5) is 0 Å². The lowest BCUT2D eigenvalue weighted by molar-refractivity contribution is -0.121. The lowest BCUT2D eigenvalue weighted by Crippen LogP contribution is -2.36. The molecule has 4 nitrogen and oxygen atoms in total. The van der Waals surface area contributed by atoms with Crippen LogP contribution in [-0.2, 0) is 18.3 Å². The van der Waals surface area contributed by atoms with E-state index in [1.807, 2.05) is 42.9 Å². The summed E-state index contributed by atoms with van der Waals surface area (Å²) < 4.78 is 2.04. The maximum Gasteiger partial charge on any atom is 0.224 e. The zero-order valence-electron chi connectivity index (χ0n) is 12.1. The van der Waals surface area contributed by atoms with E-state index in [2.05, 4.69) is 11.4 Å². The molecule has 0 saturated carbocycles. The predicted molar refractivity (Wildman–Crippen MR) is 80.5 cm³/mol. The van der Waals surface area contributed by atoms with Gasteiger partial charge in [-0.2, -0.15) is 0 Å². The third kappa shape index (κ3) is 3.20. The van der Waals surface area contributed by atoms with Crippen LogP contribution >= 0.6 is 0 Å². The van der Waals surface area contributed by atoms with E-state index in [1.54, 1.807) is 0 Å². The Kier molecular flexibility index (Phi) is 4.79. The fraction of sp³-hybridized carbons (Fsp3) is 0.438. The number of para-hydroxylation sites is 1. The number of aliphatic hydroxyl groups is 1. The molecule has 1 aromatic heterocycles. The van der Waals surface area contributed by atoms with Crippen molar-refractivity contribution in [2.75, 3.05) is 6.61 Å². The average molecular weight is 274 g/mol. The van der Waals surface area contributed by atoms with Crippen LogP contribution < -0.4 is 5.32 Å². The number of aryl methyl sites for hydroxylation is 1. The molecule has 20 heavy (non-hydrogen) atoms. The molecule has 0 aliphatic carbocycles. The zero-order chi connectivity index (χ0) is 14.5. The quantitative estimate of drug-likeness (QED) is 0.846. The minimum Gasteiger partial charge on any atom is -0.396 e. The van der Waals surface area contributed by atoms with Crippen molar-refractivity contribution < 1.29 is 9.90 Å². The molecule has 0 aliphatic rings. The van der Waals surface area contributed by atoms with E-state index in [0.717, 1.165) is 22.9 Å². The Bertz CT molecular complexity index is 589. The van der Waals surface area contributed by atoms with Crippen LogP contribution in [0.5, 0.6) is 0 Å². The van der Waals surface area contributed by atoms with Gasteiger partial charge < -0.3 is 15.0 Å². The second-order valence-electron chi connectivity index (χ2n) is 5.14. The first-order chi connectivity index (χ1) is 9.65. The molecule has 0 radical (unpaired) electrons. The highest BCUT2D eigenvalue weighted by atomic mass is 16.3. The van der Waals surface area contributed by atoms with Gasteiger partial charge >= 0.3 is 0 Å². The Balaban J connectivity index is 2.10. The number of aliphatic hydroxyl groups excluding tert-OH is 1. The number of aromatic nitrogens is 1. The number of hydrogen-bond donors (Lipinski definition) is 2. The van der Waals surface area contributed by atoms with Crippen LogP contribution in [0.15, 0.2) is 30.5 Å². The molecule has 0 aliphatic heterocycles. The number of benzene rings is 1. The van der Waals surface area contributed by atoms with Crippen molar-refractivity contribution in [2.24, 2.45) is 7.05 Å². The van der Waals surface area contributed by atoms with Gasteiger partial charge in [0.25, 0.3) is 0 Å². The molecule has 0 spiro atoms. The van der Waals surface area contributed by atoms with E-state index in [4.69, 9.17) is 5.11 Å². The van der Waals surface area contributed by atoms with Crippen LogP contribution in [-0.4, -0.2) is 28.2 Å². The summed E-state index contributed by atoms with van der Waals surface area (Å²) in [6, 6.07) is 8.15. The summed E-state index contributed by atoms with van der Waals surface area (Å²) in [7, 11) is 1.99. The van der Waals surface area contributed by atoms with Crippen LogP contribution in [0.1, 0.15) is 25.3 Å². The monoisotopic (exact) mass is 274 g/mol. The van der Waals surface area contributed by atoms with Gasteiger partial charge in [0, 0.05) is 36.8 Å². The highest BCUT2D eigenvalue weighted by Crippen LogP contribution is 2.20. The number of carbonyl (C=O) groups is 1. The van der Waals surface area contributed by atoms with Gasteiger partial charge in [-0.1, -0.05) is 25.1 Å². The standard InChI is InChI=1S/C16H22N2O2/c1-3-13(8-9-19)17-16(20)10-12-11-18(2)15-7-5-4-6-14(12)15/h4-7,11,13,19H,3,8-10H2,1-2H3,(H,17,20). The molecule has 2 rings (SSSR count). The SMILES string of the molecule is CCC(CCO)NC(=O)Cc1cn(C)c2ccccc12. The van der Waals surface area contributed by atoms with E-state index in [1.165, 1.54) is 0 Å².